The standard InChI is InChI=1S/C26H34FN5O3/c1-8-9-20-21-19(14-17(4)31(20)25(34)35-26(5,6)7)29-32(23(21)30-11-10-28-24(30)33)18-12-15(2)22(27)16(3)13-18/h10-13,17,20H,8-9,14H2,1-7H3,(H,28,33)/t17-,20+/m1/s1. The second kappa shape index (κ2) is 9.02. The van der Waals surface area contributed by atoms with Crippen LogP contribution >= 0.6 is 0 Å². The largest absolute Gasteiger partial charge is 0.444 e. The number of aromatic nitrogens is 4. The summed E-state index contributed by atoms with van der Waals surface area (Å²) in [6.07, 6.45) is 4.83. The average molecular weight is 484 g/mol. The van der Waals surface area contributed by atoms with Gasteiger partial charge in [-0.25, -0.2) is 18.7 Å². The fourth-order valence-electron chi connectivity index (χ4n) is 4.90. The van der Waals surface area contributed by atoms with Gasteiger partial charge in [0, 0.05) is 30.4 Å². The summed E-state index contributed by atoms with van der Waals surface area (Å²) in [5.41, 5.74) is 2.33. The molecule has 1 aromatic carbocycles. The molecule has 0 aliphatic carbocycles. The molecule has 188 valence electrons. The summed E-state index contributed by atoms with van der Waals surface area (Å²) in [4.78, 5) is 30.6. The third kappa shape index (κ3) is 4.51. The first kappa shape index (κ1) is 24.8. The van der Waals surface area contributed by atoms with Crippen molar-refractivity contribution in [3.63, 3.8) is 0 Å². The fourth-order valence-corrected chi connectivity index (χ4v) is 4.90. The molecule has 1 aliphatic rings. The van der Waals surface area contributed by atoms with Gasteiger partial charge in [-0.1, -0.05) is 13.3 Å². The number of aryl methyl sites for hydroxylation is 2. The summed E-state index contributed by atoms with van der Waals surface area (Å²) in [7, 11) is 0. The van der Waals surface area contributed by atoms with Gasteiger partial charge in [-0.2, -0.15) is 5.10 Å². The minimum atomic E-state index is -0.637. The summed E-state index contributed by atoms with van der Waals surface area (Å²) < 4.78 is 23.4. The third-order valence-electron chi connectivity index (χ3n) is 6.32. The molecule has 0 saturated heterocycles. The Balaban J connectivity index is 1.98. The van der Waals surface area contributed by atoms with Gasteiger partial charge in [0.15, 0.2) is 0 Å². The van der Waals surface area contributed by atoms with E-state index in [2.05, 4.69) is 11.9 Å². The van der Waals surface area contributed by atoms with E-state index in [9.17, 15) is 14.0 Å². The molecule has 3 heterocycles. The van der Waals surface area contributed by atoms with Gasteiger partial charge in [-0.15, -0.1) is 0 Å². The maximum Gasteiger partial charge on any atom is 0.411 e. The van der Waals surface area contributed by atoms with Crippen LogP contribution in [0.3, 0.4) is 0 Å². The molecule has 0 saturated carbocycles. The van der Waals surface area contributed by atoms with E-state index in [1.54, 1.807) is 48.0 Å². The first-order valence-corrected chi connectivity index (χ1v) is 12.1. The van der Waals surface area contributed by atoms with Crippen molar-refractivity contribution < 1.29 is 13.9 Å². The van der Waals surface area contributed by atoms with E-state index in [0.29, 0.717) is 35.5 Å². The number of nitrogens with one attached hydrogen (secondary N) is 1. The molecule has 0 bridgehead atoms. The highest BCUT2D eigenvalue weighted by Crippen LogP contribution is 2.41. The molecule has 1 aliphatic heterocycles. The number of amides is 1. The predicted octanol–water partition coefficient (Wildman–Crippen LogP) is 5.13. The summed E-state index contributed by atoms with van der Waals surface area (Å²) in [5.74, 6) is 0.287. The highest BCUT2D eigenvalue weighted by molar-refractivity contribution is 5.70. The Labute approximate surface area is 204 Å². The second-order valence-electron chi connectivity index (χ2n) is 10.4. The molecule has 4 rings (SSSR count). The van der Waals surface area contributed by atoms with Crippen molar-refractivity contribution >= 4 is 6.09 Å². The van der Waals surface area contributed by atoms with Gasteiger partial charge < -0.3 is 9.72 Å². The number of carbonyl (C=O) groups is 1. The number of fused-ring (bicyclic) bond motifs is 1. The van der Waals surface area contributed by atoms with Crippen LogP contribution in [0.2, 0.25) is 0 Å². The van der Waals surface area contributed by atoms with Crippen molar-refractivity contribution in [3.05, 3.63) is 63.2 Å². The zero-order valence-electron chi connectivity index (χ0n) is 21.5. The van der Waals surface area contributed by atoms with E-state index >= 15 is 0 Å². The molecule has 0 spiro atoms. The van der Waals surface area contributed by atoms with E-state index in [4.69, 9.17) is 9.84 Å². The van der Waals surface area contributed by atoms with Gasteiger partial charge in [0.1, 0.15) is 17.2 Å². The first-order valence-electron chi connectivity index (χ1n) is 12.1. The number of rotatable bonds is 4. The van der Waals surface area contributed by atoms with Gasteiger partial charge >= 0.3 is 11.8 Å². The zero-order valence-corrected chi connectivity index (χ0v) is 21.5. The lowest BCUT2D eigenvalue weighted by atomic mass is 9.91. The molecule has 2 atom stereocenters. The second-order valence-corrected chi connectivity index (χ2v) is 10.4. The van der Waals surface area contributed by atoms with Gasteiger partial charge in [0.05, 0.1) is 17.4 Å². The Morgan fingerprint density at radius 1 is 1.26 bits per heavy atom. The Bertz CT molecular complexity index is 1290. The molecule has 0 radical (unpaired) electrons. The van der Waals surface area contributed by atoms with Gasteiger partial charge in [-0.05, 0) is 71.2 Å². The number of ether oxygens (including phenoxy) is 1. The van der Waals surface area contributed by atoms with Crippen LogP contribution < -0.4 is 5.69 Å². The highest BCUT2D eigenvalue weighted by Gasteiger charge is 2.42. The highest BCUT2D eigenvalue weighted by atomic mass is 19.1. The number of halogens is 1. The zero-order chi connectivity index (χ0) is 25.7. The predicted molar refractivity (Wildman–Crippen MR) is 132 cm³/mol. The number of aromatic amines is 1. The van der Waals surface area contributed by atoms with Crippen LogP contribution in [-0.4, -0.2) is 42.0 Å². The number of carbonyl (C=O) groups excluding carboxylic acids is 1. The maximum absolute atomic E-state index is 14.4. The topological polar surface area (TPSA) is 85.2 Å². The Hall–Kier alpha value is -3.36. The molecule has 1 N–H and O–H groups in total. The maximum atomic E-state index is 14.4. The minimum Gasteiger partial charge on any atom is -0.444 e. The molecule has 3 aromatic rings. The molecular weight excluding hydrogens is 449 g/mol. The minimum absolute atomic E-state index is 0.148. The van der Waals surface area contributed by atoms with Crippen molar-refractivity contribution in [1.82, 2.24) is 24.2 Å². The number of hydrogen-bond donors (Lipinski definition) is 1. The Morgan fingerprint density at radius 2 is 1.91 bits per heavy atom. The number of H-pyrrole nitrogens is 1. The van der Waals surface area contributed by atoms with E-state index in [1.807, 2.05) is 27.7 Å². The summed E-state index contributed by atoms with van der Waals surface area (Å²) in [5, 5.41) is 4.92. The molecule has 0 unspecified atom stereocenters. The first-order chi connectivity index (χ1) is 16.4. The van der Waals surface area contributed by atoms with Crippen LogP contribution in [0.1, 0.15) is 75.9 Å². The lowest BCUT2D eigenvalue weighted by molar-refractivity contribution is 0.00231. The Morgan fingerprint density at radius 3 is 2.46 bits per heavy atom. The van der Waals surface area contributed by atoms with E-state index in [1.165, 1.54) is 4.57 Å². The van der Waals surface area contributed by atoms with Crippen LogP contribution in [0.4, 0.5) is 9.18 Å². The van der Waals surface area contributed by atoms with Crippen molar-refractivity contribution in [2.24, 2.45) is 0 Å². The van der Waals surface area contributed by atoms with Gasteiger partial charge in [0.2, 0.25) is 0 Å². The molecule has 9 heteroatoms. The van der Waals surface area contributed by atoms with Crippen LogP contribution in [0.25, 0.3) is 11.5 Å². The summed E-state index contributed by atoms with van der Waals surface area (Å²) in [6, 6.07) is 2.98. The number of benzene rings is 1. The SMILES string of the molecule is CCC[C@H]1c2c(nn(-c3cc(C)c(F)c(C)c3)c2-n2cc[nH]c2=O)C[C@@H](C)N1C(=O)OC(C)(C)C. The van der Waals surface area contributed by atoms with E-state index in [0.717, 1.165) is 17.7 Å². The lowest BCUT2D eigenvalue weighted by Crippen LogP contribution is -2.48. The smallest absolute Gasteiger partial charge is 0.411 e. The molecular formula is C26H34FN5O3. The van der Waals surface area contributed by atoms with Crippen molar-refractivity contribution in [2.45, 2.75) is 85.4 Å². The third-order valence-corrected chi connectivity index (χ3v) is 6.32. The van der Waals surface area contributed by atoms with Gasteiger partial charge in [0.25, 0.3) is 0 Å². The monoisotopic (exact) mass is 483 g/mol. The van der Waals surface area contributed by atoms with Crippen LogP contribution in [0, 0.1) is 19.7 Å². The molecule has 1 amide bonds. The van der Waals surface area contributed by atoms with Crippen LogP contribution in [0.5, 0.6) is 0 Å². The number of hydrogen-bond acceptors (Lipinski definition) is 4. The molecule has 2 aromatic heterocycles. The van der Waals surface area contributed by atoms with E-state index in [-0.39, 0.29) is 29.7 Å². The van der Waals surface area contributed by atoms with Crippen LogP contribution in [-0.2, 0) is 11.2 Å². The summed E-state index contributed by atoms with van der Waals surface area (Å²) in [6.45, 7) is 13.0. The van der Waals surface area contributed by atoms with Crippen molar-refractivity contribution in [3.8, 4) is 11.5 Å². The fraction of sp³-hybridized carbons (Fsp3) is 0.500. The number of nitrogens with zero attached hydrogens (tertiary/aromatic N) is 4. The Kier molecular flexibility index (Phi) is 6.38. The lowest BCUT2D eigenvalue weighted by Gasteiger charge is -2.41. The molecule has 8 nitrogen and oxygen atoms in total. The molecule has 0 fully saturated rings. The number of imidazole rings is 1. The van der Waals surface area contributed by atoms with Crippen molar-refractivity contribution in [2.75, 3.05) is 0 Å². The van der Waals surface area contributed by atoms with Gasteiger partial charge in [-0.3, -0.25) is 9.47 Å². The molecule has 35 heavy (non-hydrogen) atoms. The average Bonchev–Trinajstić information content (AvgIpc) is 3.33. The van der Waals surface area contributed by atoms with Crippen LogP contribution in [0.15, 0.2) is 29.3 Å². The normalized spacial score (nSPS) is 18.0. The summed E-state index contributed by atoms with van der Waals surface area (Å²) >= 11 is 0. The quantitative estimate of drug-likeness (QED) is 0.558. The van der Waals surface area contributed by atoms with Crippen molar-refractivity contribution in [1.29, 1.82) is 0 Å². The van der Waals surface area contributed by atoms with E-state index < -0.39 is 5.60 Å².